The third-order valence-electron chi connectivity index (χ3n) is 4.69. The summed E-state index contributed by atoms with van der Waals surface area (Å²) in [7, 11) is -1.08. The van der Waals surface area contributed by atoms with Crippen LogP contribution < -0.4 is 5.73 Å². The van der Waals surface area contributed by atoms with Gasteiger partial charge in [-0.1, -0.05) is 49.2 Å². The zero-order chi connectivity index (χ0) is 19.7. The van der Waals surface area contributed by atoms with Gasteiger partial charge in [0.05, 0.1) is 27.1 Å². The van der Waals surface area contributed by atoms with Crippen LogP contribution in [-0.2, 0) is 10.8 Å². The number of anilines is 1. The molecule has 144 valence electrons. The van der Waals surface area contributed by atoms with Gasteiger partial charge >= 0.3 is 0 Å². The Kier molecular flexibility index (Phi) is 5.62. The van der Waals surface area contributed by atoms with Gasteiger partial charge in [-0.2, -0.15) is 0 Å². The van der Waals surface area contributed by atoms with E-state index in [1.54, 1.807) is 11.3 Å². The first-order chi connectivity index (χ1) is 13.6. The van der Waals surface area contributed by atoms with Crippen LogP contribution in [0.25, 0.3) is 31.9 Å². The molecular weight excluding hydrogens is 404 g/mol. The summed E-state index contributed by atoms with van der Waals surface area (Å²) >= 11 is 3.14. The summed E-state index contributed by atoms with van der Waals surface area (Å²) in [6, 6.07) is 14.7. The summed E-state index contributed by atoms with van der Waals surface area (Å²) in [5.41, 5.74) is 11.5. The summed E-state index contributed by atoms with van der Waals surface area (Å²) in [5, 5.41) is 2.98. The minimum Gasteiger partial charge on any atom is -0.396 e. The molecule has 1 atom stereocenters. The Bertz CT molecular complexity index is 1130. The number of unbranched alkanes of at least 4 members (excludes halogenated alkanes) is 1. The van der Waals surface area contributed by atoms with Crippen molar-refractivity contribution in [2.75, 3.05) is 11.5 Å². The highest BCUT2D eigenvalue weighted by atomic mass is 32.2. The van der Waals surface area contributed by atoms with Crippen LogP contribution >= 0.6 is 22.7 Å². The molecule has 0 spiro atoms. The molecule has 28 heavy (non-hydrogen) atoms. The van der Waals surface area contributed by atoms with Gasteiger partial charge in [0.2, 0.25) is 0 Å². The highest BCUT2D eigenvalue weighted by Gasteiger charge is 2.20. The second-order valence-corrected chi connectivity index (χ2v) is 10.5. The van der Waals surface area contributed by atoms with Crippen molar-refractivity contribution in [1.29, 1.82) is 0 Å². The van der Waals surface area contributed by atoms with Crippen molar-refractivity contribution >= 4 is 49.4 Å². The van der Waals surface area contributed by atoms with E-state index < -0.39 is 10.8 Å². The number of benzene rings is 1. The number of nitrogen functional groups attached to an aromatic ring is 1. The molecule has 0 saturated heterocycles. The van der Waals surface area contributed by atoms with Gasteiger partial charge in [0, 0.05) is 11.1 Å². The molecule has 0 radical (unpaired) electrons. The van der Waals surface area contributed by atoms with Crippen LogP contribution in [0.3, 0.4) is 0 Å². The Balaban J connectivity index is 1.94. The number of fused-ring (bicyclic) bond motifs is 1. The minimum atomic E-state index is -1.08. The molecule has 0 aliphatic rings. The average Bonchev–Trinajstić information content (AvgIpc) is 3.35. The summed E-state index contributed by atoms with van der Waals surface area (Å²) in [4.78, 5) is 6.86. The van der Waals surface area contributed by atoms with E-state index in [0.717, 1.165) is 49.0 Å². The fourth-order valence-electron chi connectivity index (χ4n) is 3.15. The second-order valence-electron chi connectivity index (χ2n) is 6.78. The maximum absolute atomic E-state index is 12.8. The van der Waals surface area contributed by atoms with Crippen LogP contribution in [0.1, 0.15) is 25.3 Å². The largest absolute Gasteiger partial charge is 0.396 e. The lowest BCUT2D eigenvalue weighted by Gasteiger charge is -2.08. The van der Waals surface area contributed by atoms with Crippen LogP contribution in [0.4, 0.5) is 5.69 Å². The van der Waals surface area contributed by atoms with Crippen LogP contribution in [0.2, 0.25) is 0 Å². The lowest BCUT2D eigenvalue weighted by atomic mass is 10.0. The van der Waals surface area contributed by atoms with Crippen LogP contribution in [-0.4, -0.2) is 14.9 Å². The molecule has 6 heteroatoms. The highest BCUT2D eigenvalue weighted by Crippen LogP contribution is 2.43. The maximum Gasteiger partial charge on any atom is 0.127 e. The van der Waals surface area contributed by atoms with E-state index in [9.17, 15) is 4.21 Å². The monoisotopic (exact) mass is 426 g/mol. The predicted molar refractivity (Wildman–Crippen MR) is 124 cm³/mol. The van der Waals surface area contributed by atoms with Crippen molar-refractivity contribution in [1.82, 2.24) is 4.98 Å². The number of rotatable bonds is 6. The SMILES string of the molecule is CCCCS(=O)c1sc2nc(-c3cccs3)cc(-c3ccc(C)cc3)c2c1N. The van der Waals surface area contributed by atoms with E-state index in [-0.39, 0.29) is 0 Å². The smallest absolute Gasteiger partial charge is 0.127 e. The summed E-state index contributed by atoms with van der Waals surface area (Å²) in [5.74, 6) is 0.644. The van der Waals surface area contributed by atoms with Crippen molar-refractivity contribution in [3.05, 3.63) is 53.4 Å². The van der Waals surface area contributed by atoms with Crippen molar-refractivity contribution in [3.63, 3.8) is 0 Å². The molecule has 3 nitrogen and oxygen atoms in total. The van der Waals surface area contributed by atoms with E-state index in [4.69, 9.17) is 10.7 Å². The van der Waals surface area contributed by atoms with E-state index >= 15 is 0 Å². The van der Waals surface area contributed by atoms with Gasteiger partial charge in [0.25, 0.3) is 0 Å². The van der Waals surface area contributed by atoms with Gasteiger partial charge in [-0.3, -0.25) is 4.21 Å². The zero-order valence-corrected chi connectivity index (χ0v) is 18.3. The minimum absolute atomic E-state index is 0.621. The Labute approximate surface area is 175 Å². The molecule has 0 aliphatic carbocycles. The Hall–Kier alpha value is -2.02. The number of thiophene rings is 2. The Morgan fingerprint density at radius 1 is 1.18 bits per heavy atom. The molecule has 2 N–H and O–H groups in total. The van der Waals surface area contributed by atoms with Gasteiger partial charge in [0.15, 0.2) is 0 Å². The summed E-state index contributed by atoms with van der Waals surface area (Å²) in [6.45, 7) is 4.19. The molecule has 3 heterocycles. The van der Waals surface area contributed by atoms with E-state index in [1.165, 1.54) is 16.9 Å². The zero-order valence-electron chi connectivity index (χ0n) is 15.9. The third-order valence-corrected chi connectivity index (χ3v) is 8.58. The van der Waals surface area contributed by atoms with Crippen molar-refractivity contribution < 1.29 is 4.21 Å². The van der Waals surface area contributed by atoms with Crippen molar-refractivity contribution in [2.45, 2.75) is 30.9 Å². The van der Waals surface area contributed by atoms with Crippen LogP contribution in [0.5, 0.6) is 0 Å². The number of hydrogen-bond acceptors (Lipinski definition) is 5. The first-order valence-electron chi connectivity index (χ1n) is 9.30. The van der Waals surface area contributed by atoms with Crippen LogP contribution in [0.15, 0.2) is 52.1 Å². The Morgan fingerprint density at radius 2 is 1.96 bits per heavy atom. The fraction of sp³-hybridized carbons (Fsp3) is 0.227. The van der Waals surface area contributed by atoms with Crippen molar-refractivity contribution in [2.24, 2.45) is 0 Å². The molecule has 4 aromatic rings. The quantitative estimate of drug-likeness (QED) is 0.383. The summed E-state index contributed by atoms with van der Waals surface area (Å²) in [6.07, 6.45) is 1.95. The molecule has 0 amide bonds. The number of nitrogens with zero attached hydrogens (tertiary/aromatic N) is 1. The molecule has 1 aromatic carbocycles. The molecule has 4 rings (SSSR count). The second kappa shape index (κ2) is 8.15. The Morgan fingerprint density at radius 3 is 2.64 bits per heavy atom. The van der Waals surface area contributed by atoms with Gasteiger partial charge in [-0.15, -0.1) is 22.7 Å². The van der Waals surface area contributed by atoms with E-state index in [1.807, 2.05) is 6.07 Å². The van der Waals surface area contributed by atoms with Crippen molar-refractivity contribution in [3.8, 4) is 21.7 Å². The molecule has 0 fully saturated rings. The van der Waals surface area contributed by atoms with Gasteiger partial charge in [0.1, 0.15) is 9.04 Å². The molecule has 0 bridgehead atoms. The third kappa shape index (κ3) is 3.64. The lowest BCUT2D eigenvalue weighted by molar-refractivity contribution is 0.681. The van der Waals surface area contributed by atoms with Crippen LogP contribution in [0, 0.1) is 6.92 Å². The highest BCUT2D eigenvalue weighted by molar-refractivity contribution is 7.87. The standard InChI is InChI=1S/C22H22N2OS3/c1-3-4-12-28(25)22-20(23)19-16(15-9-7-14(2)8-10-15)13-17(24-21(19)27-22)18-6-5-11-26-18/h5-11,13H,3-4,12,23H2,1-2H3. The number of hydrogen-bond donors (Lipinski definition) is 1. The molecule has 1 unspecified atom stereocenters. The molecule has 3 aromatic heterocycles. The number of aryl methyl sites for hydroxylation is 1. The number of nitrogens with two attached hydrogens (primary N) is 1. The van der Waals surface area contributed by atoms with Gasteiger partial charge in [-0.25, -0.2) is 4.98 Å². The average molecular weight is 427 g/mol. The first kappa shape index (κ1) is 19.3. The number of pyridine rings is 1. The van der Waals surface area contributed by atoms with E-state index in [0.29, 0.717) is 11.4 Å². The summed E-state index contributed by atoms with van der Waals surface area (Å²) < 4.78 is 13.6. The number of aromatic nitrogens is 1. The fourth-order valence-corrected chi connectivity index (χ4v) is 6.63. The topological polar surface area (TPSA) is 56.0 Å². The molecule has 0 aliphatic heterocycles. The maximum atomic E-state index is 12.8. The van der Waals surface area contributed by atoms with E-state index in [2.05, 4.69) is 55.6 Å². The molecular formula is C22H22N2OS3. The van der Waals surface area contributed by atoms with Gasteiger partial charge in [-0.05, 0) is 42.0 Å². The first-order valence-corrected chi connectivity index (χ1v) is 12.3. The lowest BCUT2D eigenvalue weighted by Crippen LogP contribution is -1.99. The normalized spacial score (nSPS) is 12.5. The molecule has 0 saturated carbocycles. The van der Waals surface area contributed by atoms with Gasteiger partial charge < -0.3 is 5.73 Å². The predicted octanol–water partition coefficient (Wildman–Crippen LogP) is 6.49.